The van der Waals surface area contributed by atoms with E-state index in [1.165, 1.54) is 0 Å². The van der Waals surface area contributed by atoms with E-state index in [4.69, 9.17) is 15.9 Å². The van der Waals surface area contributed by atoms with Gasteiger partial charge in [-0.2, -0.15) is 0 Å². The molecule has 0 spiro atoms. The summed E-state index contributed by atoms with van der Waals surface area (Å²) in [6.45, 7) is 7.05. The molecule has 4 N–H and O–H groups in total. The van der Waals surface area contributed by atoms with E-state index in [-0.39, 0.29) is 12.8 Å². The summed E-state index contributed by atoms with van der Waals surface area (Å²) >= 11 is 0. The first-order chi connectivity index (χ1) is 12.8. The average molecular weight is 382 g/mol. The van der Waals surface area contributed by atoms with Gasteiger partial charge >= 0.3 is 11.9 Å². The Labute approximate surface area is 162 Å². The highest BCUT2D eigenvalue weighted by molar-refractivity contribution is 5.66. The maximum atomic E-state index is 10.7. The van der Waals surface area contributed by atoms with Crippen molar-refractivity contribution in [2.45, 2.75) is 57.8 Å². The minimum atomic E-state index is -0.785. The largest absolute Gasteiger partial charge is 0.481 e. The standard InChI is InChI=1S/C20H35N3O4/c1-16(7-5-10-20(26)27)22(2)18(15-21)17-8-6-13-23(14-11-17)12-4-3-9-19(24)25/h15,17H,1,3-14,21H2,2H3,(H,24,25)(H,26,27)/b18-15-. The third-order valence-corrected chi connectivity index (χ3v) is 5.24. The molecule has 0 aromatic rings. The van der Waals surface area contributed by atoms with Gasteiger partial charge in [0.25, 0.3) is 0 Å². The predicted octanol–water partition coefficient (Wildman–Crippen LogP) is 2.84. The Morgan fingerprint density at radius 2 is 1.78 bits per heavy atom. The maximum absolute atomic E-state index is 10.7. The van der Waals surface area contributed by atoms with Gasteiger partial charge in [-0.1, -0.05) is 6.58 Å². The van der Waals surface area contributed by atoms with Crippen LogP contribution in [0.4, 0.5) is 0 Å². The van der Waals surface area contributed by atoms with E-state index in [9.17, 15) is 9.59 Å². The second-order valence-corrected chi connectivity index (χ2v) is 7.28. The first-order valence-electron chi connectivity index (χ1n) is 9.84. The summed E-state index contributed by atoms with van der Waals surface area (Å²) in [6, 6.07) is 0. The molecule has 27 heavy (non-hydrogen) atoms. The molecule has 7 nitrogen and oxygen atoms in total. The lowest BCUT2D eigenvalue weighted by Crippen LogP contribution is -2.27. The number of carboxylic acid groups (broad SMARTS) is 2. The summed E-state index contributed by atoms with van der Waals surface area (Å²) in [7, 11) is 1.95. The van der Waals surface area contributed by atoms with Gasteiger partial charge in [-0.25, -0.2) is 0 Å². The third kappa shape index (κ3) is 8.95. The molecule has 0 amide bonds. The quantitative estimate of drug-likeness (QED) is 0.446. The van der Waals surface area contributed by atoms with Crippen LogP contribution >= 0.6 is 0 Å². The van der Waals surface area contributed by atoms with Crippen molar-refractivity contribution < 1.29 is 19.8 Å². The van der Waals surface area contributed by atoms with Gasteiger partial charge in [0.05, 0.1) is 0 Å². The minimum absolute atomic E-state index is 0.148. The SMILES string of the molecule is C=C(CCCC(=O)O)N(C)/C(=C\N)C1CCCN(CCCCC(=O)O)CC1. The predicted molar refractivity (Wildman–Crippen MR) is 106 cm³/mol. The van der Waals surface area contributed by atoms with Crippen LogP contribution in [0.5, 0.6) is 0 Å². The van der Waals surface area contributed by atoms with E-state index in [2.05, 4.69) is 11.5 Å². The Balaban J connectivity index is 2.48. The van der Waals surface area contributed by atoms with Crippen LogP contribution < -0.4 is 5.73 Å². The highest BCUT2D eigenvalue weighted by Crippen LogP contribution is 2.29. The smallest absolute Gasteiger partial charge is 0.303 e. The van der Waals surface area contributed by atoms with E-state index >= 15 is 0 Å². The first kappa shape index (κ1) is 23.0. The van der Waals surface area contributed by atoms with Crippen molar-refractivity contribution in [3.05, 3.63) is 24.2 Å². The van der Waals surface area contributed by atoms with Crippen LogP contribution in [-0.2, 0) is 9.59 Å². The first-order valence-corrected chi connectivity index (χ1v) is 9.84. The molecule has 1 unspecified atom stereocenters. The zero-order valence-corrected chi connectivity index (χ0v) is 16.5. The Kier molecular flexibility index (Phi) is 10.6. The monoisotopic (exact) mass is 381 g/mol. The fourth-order valence-corrected chi connectivity index (χ4v) is 3.60. The molecule has 0 aliphatic carbocycles. The van der Waals surface area contributed by atoms with Gasteiger partial charge in [0, 0.05) is 43.4 Å². The lowest BCUT2D eigenvalue weighted by atomic mass is 9.95. The molecule has 154 valence electrons. The van der Waals surface area contributed by atoms with Crippen molar-refractivity contribution in [1.82, 2.24) is 9.80 Å². The Hall–Kier alpha value is -2.02. The molecule has 0 saturated carbocycles. The number of hydrogen-bond donors (Lipinski definition) is 3. The number of rotatable bonds is 12. The summed E-state index contributed by atoms with van der Waals surface area (Å²) in [6.07, 6.45) is 8.05. The fraction of sp³-hybridized carbons (Fsp3) is 0.700. The van der Waals surface area contributed by atoms with Gasteiger partial charge in [-0.05, 0) is 64.6 Å². The number of carboxylic acids is 2. The summed E-state index contributed by atoms with van der Waals surface area (Å²) < 4.78 is 0. The highest BCUT2D eigenvalue weighted by Gasteiger charge is 2.23. The molecular weight excluding hydrogens is 346 g/mol. The van der Waals surface area contributed by atoms with Gasteiger partial charge in [0.1, 0.15) is 0 Å². The number of aliphatic carboxylic acids is 2. The summed E-state index contributed by atoms with van der Waals surface area (Å²) in [4.78, 5) is 25.7. The van der Waals surface area contributed by atoms with E-state index in [0.717, 1.165) is 63.1 Å². The van der Waals surface area contributed by atoms with Crippen LogP contribution in [-0.4, -0.2) is 58.6 Å². The van der Waals surface area contributed by atoms with Crippen molar-refractivity contribution in [1.29, 1.82) is 0 Å². The number of likely N-dealkylation sites (tertiary alicyclic amines) is 1. The fourth-order valence-electron chi connectivity index (χ4n) is 3.60. The van der Waals surface area contributed by atoms with Crippen LogP contribution in [0.1, 0.15) is 57.8 Å². The Morgan fingerprint density at radius 3 is 2.41 bits per heavy atom. The molecule has 0 aromatic heterocycles. The second kappa shape index (κ2) is 12.4. The topological polar surface area (TPSA) is 107 Å². The summed E-state index contributed by atoms with van der Waals surface area (Å²) in [5.74, 6) is -1.15. The highest BCUT2D eigenvalue weighted by atomic mass is 16.4. The van der Waals surface area contributed by atoms with E-state index < -0.39 is 11.9 Å². The van der Waals surface area contributed by atoms with Crippen molar-refractivity contribution >= 4 is 11.9 Å². The number of unbranched alkanes of at least 4 members (excludes halogenated alkanes) is 1. The molecule has 1 saturated heterocycles. The van der Waals surface area contributed by atoms with E-state index in [1.54, 1.807) is 6.20 Å². The molecule has 0 bridgehead atoms. The molecular formula is C20H35N3O4. The van der Waals surface area contributed by atoms with Gasteiger partial charge in [0.15, 0.2) is 0 Å². The number of hydrogen-bond acceptors (Lipinski definition) is 5. The minimum Gasteiger partial charge on any atom is -0.481 e. The van der Waals surface area contributed by atoms with Crippen molar-refractivity contribution in [2.75, 3.05) is 26.7 Å². The van der Waals surface area contributed by atoms with Crippen LogP contribution in [0, 0.1) is 5.92 Å². The molecule has 1 atom stereocenters. The lowest BCUT2D eigenvalue weighted by Gasteiger charge is -2.30. The van der Waals surface area contributed by atoms with E-state index in [1.807, 2.05) is 11.9 Å². The molecule has 1 aliphatic rings. The van der Waals surface area contributed by atoms with Gasteiger partial charge in [0.2, 0.25) is 0 Å². The third-order valence-electron chi connectivity index (χ3n) is 5.24. The van der Waals surface area contributed by atoms with Crippen LogP contribution in [0.2, 0.25) is 0 Å². The van der Waals surface area contributed by atoms with Crippen LogP contribution in [0.25, 0.3) is 0 Å². The van der Waals surface area contributed by atoms with Gasteiger partial charge in [-0.3, -0.25) is 9.59 Å². The molecule has 1 rings (SSSR count). The normalized spacial score (nSPS) is 18.7. The number of carbonyl (C=O) groups is 2. The molecule has 1 fully saturated rings. The number of nitrogens with two attached hydrogens (primary N) is 1. The zero-order chi connectivity index (χ0) is 20.2. The van der Waals surface area contributed by atoms with Gasteiger partial charge in [-0.15, -0.1) is 0 Å². The molecule has 1 aliphatic heterocycles. The van der Waals surface area contributed by atoms with Crippen molar-refractivity contribution in [3.63, 3.8) is 0 Å². The molecule has 0 aromatic carbocycles. The van der Waals surface area contributed by atoms with Crippen molar-refractivity contribution in [3.8, 4) is 0 Å². The zero-order valence-electron chi connectivity index (χ0n) is 16.5. The molecule has 7 heteroatoms. The summed E-state index contributed by atoms with van der Waals surface area (Å²) in [5, 5.41) is 17.5. The molecule has 1 heterocycles. The summed E-state index contributed by atoms with van der Waals surface area (Å²) in [5.41, 5.74) is 7.87. The Bertz CT molecular complexity index is 533. The van der Waals surface area contributed by atoms with Gasteiger partial charge < -0.3 is 25.7 Å². The van der Waals surface area contributed by atoms with Crippen LogP contribution in [0.15, 0.2) is 24.2 Å². The average Bonchev–Trinajstić information content (AvgIpc) is 2.84. The van der Waals surface area contributed by atoms with Crippen molar-refractivity contribution in [2.24, 2.45) is 11.7 Å². The molecule has 0 radical (unpaired) electrons. The second-order valence-electron chi connectivity index (χ2n) is 7.28. The Morgan fingerprint density at radius 1 is 1.11 bits per heavy atom. The van der Waals surface area contributed by atoms with E-state index in [0.29, 0.717) is 18.8 Å². The lowest BCUT2D eigenvalue weighted by molar-refractivity contribution is -0.138. The van der Waals surface area contributed by atoms with Crippen LogP contribution in [0.3, 0.4) is 0 Å². The maximum Gasteiger partial charge on any atom is 0.303 e. The number of nitrogens with zero attached hydrogens (tertiary/aromatic N) is 2. The number of allylic oxidation sites excluding steroid dienone is 2.